The van der Waals surface area contributed by atoms with E-state index < -0.39 is 0 Å². The monoisotopic (exact) mass is 321 g/mol. The van der Waals surface area contributed by atoms with Crippen LogP contribution < -0.4 is 4.90 Å². The smallest absolute Gasteiger partial charge is 0.259 e. The van der Waals surface area contributed by atoms with Crippen LogP contribution in [0.2, 0.25) is 0 Å². The molecule has 0 aliphatic rings. The fourth-order valence-corrected chi connectivity index (χ4v) is 2.69. The number of hydrogen-bond acceptors (Lipinski definition) is 6. The van der Waals surface area contributed by atoms with E-state index in [0.29, 0.717) is 21.3 Å². The van der Waals surface area contributed by atoms with Gasteiger partial charge in [-0.15, -0.1) is 10.2 Å². The van der Waals surface area contributed by atoms with Crippen LogP contribution in [0, 0.1) is 11.3 Å². The van der Waals surface area contributed by atoms with Gasteiger partial charge in [0.1, 0.15) is 5.69 Å². The fraction of sp³-hybridized carbons (Fsp3) is 0.0625. The second-order valence-corrected chi connectivity index (χ2v) is 5.61. The standard InChI is InChI=1S/C16H11N5OS/c1-21(15(22)12-7-5-11(10-17)6-8-12)16-20-19-14(23-16)13-4-2-3-9-18-13/h2-9H,1H3. The molecule has 0 atom stereocenters. The van der Waals surface area contributed by atoms with Gasteiger partial charge in [0.05, 0.1) is 11.6 Å². The van der Waals surface area contributed by atoms with Crippen molar-refractivity contribution in [3.8, 4) is 16.8 Å². The molecule has 23 heavy (non-hydrogen) atoms. The van der Waals surface area contributed by atoms with Crippen molar-refractivity contribution in [1.29, 1.82) is 5.26 Å². The highest BCUT2D eigenvalue weighted by molar-refractivity contribution is 7.18. The first-order chi connectivity index (χ1) is 11.2. The summed E-state index contributed by atoms with van der Waals surface area (Å²) in [4.78, 5) is 18.1. The van der Waals surface area contributed by atoms with E-state index in [0.717, 1.165) is 5.69 Å². The molecule has 6 nitrogen and oxygen atoms in total. The predicted octanol–water partition coefficient (Wildman–Crippen LogP) is 2.75. The van der Waals surface area contributed by atoms with Gasteiger partial charge in [-0.1, -0.05) is 17.4 Å². The second kappa shape index (κ2) is 6.34. The third-order valence-corrected chi connectivity index (χ3v) is 4.17. The van der Waals surface area contributed by atoms with Gasteiger partial charge in [-0.05, 0) is 36.4 Å². The first-order valence-electron chi connectivity index (χ1n) is 6.72. The van der Waals surface area contributed by atoms with Crippen molar-refractivity contribution >= 4 is 22.4 Å². The Bertz CT molecular complexity index is 867. The lowest BCUT2D eigenvalue weighted by Gasteiger charge is -2.12. The molecule has 0 saturated heterocycles. The van der Waals surface area contributed by atoms with Crippen molar-refractivity contribution in [2.45, 2.75) is 0 Å². The maximum atomic E-state index is 12.5. The molecule has 2 aromatic heterocycles. The number of pyridine rings is 1. The molecule has 0 saturated carbocycles. The summed E-state index contributed by atoms with van der Waals surface area (Å²) in [5.41, 5.74) is 1.72. The maximum Gasteiger partial charge on any atom is 0.259 e. The van der Waals surface area contributed by atoms with E-state index in [9.17, 15) is 4.79 Å². The number of anilines is 1. The lowest BCUT2D eigenvalue weighted by molar-refractivity contribution is 0.0993. The van der Waals surface area contributed by atoms with Gasteiger partial charge < -0.3 is 0 Å². The number of benzene rings is 1. The van der Waals surface area contributed by atoms with Gasteiger partial charge in [0.25, 0.3) is 5.91 Å². The van der Waals surface area contributed by atoms with E-state index in [1.54, 1.807) is 37.5 Å². The van der Waals surface area contributed by atoms with Gasteiger partial charge in [0, 0.05) is 18.8 Å². The number of aromatic nitrogens is 3. The minimum absolute atomic E-state index is 0.210. The highest BCUT2D eigenvalue weighted by atomic mass is 32.1. The molecule has 0 aliphatic carbocycles. The first kappa shape index (κ1) is 14.8. The predicted molar refractivity (Wildman–Crippen MR) is 87.0 cm³/mol. The summed E-state index contributed by atoms with van der Waals surface area (Å²) in [6, 6.07) is 14.0. The van der Waals surface area contributed by atoms with Crippen LogP contribution in [0.3, 0.4) is 0 Å². The second-order valence-electron chi connectivity index (χ2n) is 4.66. The highest BCUT2D eigenvalue weighted by Gasteiger charge is 2.18. The third kappa shape index (κ3) is 3.07. The average molecular weight is 321 g/mol. The van der Waals surface area contributed by atoms with Crippen LogP contribution in [-0.4, -0.2) is 28.1 Å². The van der Waals surface area contributed by atoms with Gasteiger partial charge in [-0.25, -0.2) is 0 Å². The van der Waals surface area contributed by atoms with Crippen molar-refractivity contribution in [2.75, 3.05) is 11.9 Å². The quantitative estimate of drug-likeness (QED) is 0.740. The molecule has 0 radical (unpaired) electrons. The van der Waals surface area contributed by atoms with E-state index in [1.807, 2.05) is 24.3 Å². The lowest BCUT2D eigenvalue weighted by Crippen LogP contribution is -2.26. The molecule has 0 aliphatic heterocycles. The number of rotatable bonds is 3. The molecule has 0 spiro atoms. The summed E-state index contributed by atoms with van der Waals surface area (Å²) in [6.07, 6.45) is 1.68. The summed E-state index contributed by atoms with van der Waals surface area (Å²) in [7, 11) is 1.64. The Hall–Kier alpha value is -3.11. The van der Waals surface area contributed by atoms with Crippen molar-refractivity contribution in [3.63, 3.8) is 0 Å². The zero-order chi connectivity index (χ0) is 16.2. The van der Waals surface area contributed by atoms with E-state index >= 15 is 0 Å². The molecule has 7 heteroatoms. The molecule has 3 aromatic rings. The summed E-state index contributed by atoms with van der Waals surface area (Å²) in [6.45, 7) is 0. The Labute approximate surface area is 136 Å². The van der Waals surface area contributed by atoms with E-state index in [-0.39, 0.29) is 5.91 Å². The van der Waals surface area contributed by atoms with Crippen LogP contribution >= 0.6 is 11.3 Å². The topological polar surface area (TPSA) is 82.8 Å². The molecule has 1 amide bonds. The Morgan fingerprint density at radius 2 is 1.96 bits per heavy atom. The van der Waals surface area contributed by atoms with Crippen molar-refractivity contribution < 1.29 is 4.79 Å². The van der Waals surface area contributed by atoms with Crippen molar-refractivity contribution in [2.24, 2.45) is 0 Å². The highest BCUT2D eigenvalue weighted by Crippen LogP contribution is 2.27. The number of carbonyl (C=O) groups is 1. The first-order valence-corrected chi connectivity index (χ1v) is 7.54. The normalized spacial score (nSPS) is 10.1. The van der Waals surface area contributed by atoms with E-state index in [4.69, 9.17) is 5.26 Å². The average Bonchev–Trinajstić information content (AvgIpc) is 3.11. The number of nitrogens with zero attached hydrogens (tertiary/aromatic N) is 5. The Morgan fingerprint density at radius 1 is 1.17 bits per heavy atom. The SMILES string of the molecule is CN(C(=O)c1ccc(C#N)cc1)c1nnc(-c2ccccn2)s1. The van der Waals surface area contributed by atoms with Gasteiger partial charge in [0.15, 0.2) is 5.01 Å². The molecule has 0 N–H and O–H groups in total. The molecule has 0 unspecified atom stereocenters. The number of carbonyl (C=O) groups excluding carboxylic acids is 1. The Balaban J connectivity index is 1.82. The molecular weight excluding hydrogens is 310 g/mol. The van der Waals surface area contributed by atoms with Crippen LogP contribution in [0.15, 0.2) is 48.7 Å². The molecule has 1 aromatic carbocycles. The fourth-order valence-electron chi connectivity index (χ4n) is 1.91. The van der Waals surface area contributed by atoms with Crippen LogP contribution in [0.4, 0.5) is 5.13 Å². The summed E-state index contributed by atoms with van der Waals surface area (Å²) >= 11 is 1.29. The summed E-state index contributed by atoms with van der Waals surface area (Å²) < 4.78 is 0. The van der Waals surface area contributed by atoms with E-state index in [2.05, 4.69) is 15.2 Å². The van der Waals surface area contributed by atoms with Gasteiger partial charge >= 0.3 is 0 Å². The molecule has 112 valence electrons. The zero-order valence-electron chi connectivity index (χ0n) is 12.2. The van der Waals surface area contributed by atoms with Crippen molar-refractivity contribution in [1.82, 2.24) is 15.2 Å². The zero-order valence-corrected chi connectivity index (χ0v) is 13.0. The largest absolute Gasteiger partial charge is 0.286 e. The summed E-state index contributed by atoms with van der Waals surface area (Å²) in [5.74, 6) is -0.210. The molecule has 0 bridgehead atoms. The Kier molecular flexibility index (Phi) is 4.08. The molecular formula is C16H11N5OS. The molecule has 3 rings (SSSR count). The minimum Gasteiger partial charge on any atom is -0.286 e. The van der Waals surface area contributed by atoms with Gasteiger partial charge in [-0.2, -0.15) is 5.26 Å². The molecule has 0 fully saturated rings. The van der Waals surface area contributed by atoms with Gasteiger partial charge in [0.2, 0.25) is 5.13 Å². The van der Waals surface area contributed by atoms with Crippen LogP contribution in [-0.2, 0) is 0 Å². The van der Waals surface area contributed by atoms with Crippen LogP contribution in [0.25, 0.3) is 10.7 Å². The van der Waals surface area contributed by atoms with Crippen LogP contribution in [0.1, 0.15) is 15.9 Å². The lowest BCUT2D eigenvalue weighted by atomic mass is 10.1. The third-order valence-electron chi connectivity index (χ3n) is 3.15. The minimum atomic E-state index is -0.210. The number of nitriles is 1. The molecule has 2 heterocycles. The van der Waals surface area contributed by atoms with Crippen molar-refractivity contribution in [3.05, 3.63) is 59.8 Å². The summed E-state index contributed by atoms with van der Waals surface area (Å²) in [5, 5.41) is 18.1. The van der Waals surface area contributed by atoms with Crippen LogP contribution in [0.5, 0.6) is 0 Å². The number of amides is 1. The van der Waals surface area contributed by atoms with Gasteiger partial charge in [-0.3, -0.25) is 14.7 Å². The maximum absolute atomic E-state index is 12.5. The van der Waals surface area contributed by atoms with E-state index in [1.165, 1.54) is 16.2 Å². The number of hydrogen-bond donors (Lipinski definition) is 0. The Morgan fingerprint density at radius 3 is 2.61 bits per heavy atom.